The molecule has 0 aliphatic rings. The summed E-state index contributed by atoms with van der Waals surface area (Å²) in [5.41, 5.74) is 0.255. The van der Waals surface area contributed by atoms with E-state index in [1.54, 1.807) is 24.3 Å². The first kappa shape index (κ1) is 22.1. The molecule has 0 heterocycles. The van der Waals surface area contributed by atoms with Crippen LogP contribution >= 0.6 is 0 Å². The quantitative estimate of drug-likeness (QED) is 0.176. The monoisotopic (exact) mass is 478 g/mol. The largest absolute Gasteiger partial charge is 0.192 e. The average molecular weight is 478 g/mol. The second kappa shape index (κ2) is 8.06. The van der Waals surface area contributed by atoms with Crippen LogP contribution in [0.3, 0.4) is 0 Å². The molecule has 0 radical (unpaired) electrons. The molecule has 0 atom stereocenters. The van der Waals surface area contributed by atoms with E-state index in [0.29, 0.717) is 21.5 Å². The minimum Gasteiger partial charge on any atom is -0.192 e. The zero-order valence-corrected chi connectivity index (χ0v) is 19.5. The molecule has 0 aliphatic heterocycles. The number of benzene rings is 6. The van der Waals surface area contributed by atoms with E-state index in [-0.39, 0.29) is 33.4 Å². The van der Waals surface area contributed by atoms with Crippen molar-refractivity contribution < 1.29 is 0 Å². The number of hydrogen-bond acceptors (Lipinski definition) is 6. The molecule has 168 valence electrons. The van der Waals surface area contributed by atoms with Crippen molar-refractivity contribution in [1.29, 1.82) is 31.6 Å². The van der Waals surface area contributed by atoms with Crippen molar-refractivity contribution >= 4 is 53.9 Å². The highest BCUT2D eigenvalue weighted by Gasteiger charge is 2.22. The first-order chi connectivity index (χ1) is 18.6. The SMILES string of the molecule is N#Cc1cc2c(cc1C#N)c1ccc3ccccc3c1c1cc3c(C#N)c(C#N)c(C#N)c(C#N)c3cc21. The fourth-order valence-corrected chi connectivity index (χ4v) is 5.43. The number of hydrogen-bond donors (Lipinski definition) is 0. The van der Waals surface area contributed by atoms with Crippen molar-refractivity contribution in [3.05, 3.63) is 94.0 Å². The lowest BCUT2D eigenvalue weighted by Gasteiger charge is -2.16. The smallest absolute Gasteiger partial charge is 0.102 e. The van der Waals surface area contributed by atoms with Crippen LogP contribution in [-0.2, 0) is 0 Å². The molecular weight excluding hydrogens is 468 g/mol. The molecule has 0 aliphatic carbocycles. The third-order valence-corrected chi connectivity index (χ3v) is 7.07. The van der Waals surface area contributed by atoms with Gasteiger partial charge in [-0.05, 0) is 67.4 Å². The zero-order valence-electron chi connectivity index (χ0n) is 19.5. The van der Waals surface area contributed by atoms with Crippen LogP contribution in [-0.4, -0.2) is 0 Å². The van der Waals surface area contributed by atoms with Gasteiger partial charge in [0.15, 0.2) is 0 Å². The Morgan fingerprint density at radius 1 is 0.368 bits per heavy atom. The summed E-state index contributed by atoms with van der Waals surface area (Å²) in [4.78, 5) is 0. The minimum atomic E-state index is -0.140. The number of nitriles is 6. The van der Waals surface area contributed by atoms with Gasteiger partial charge < -0.3 is 0 Å². The lowest BCUT2D eigenvalue weighted by atomic mass is 9.85. The predicted octanol–water partition coefficient (Wildman–Crippen LogP) is 6.68. The summed E-state index contributed by atoms with van der Waals surface area (Å²) in [6.45, 7) is 0. The first-order valence-electron chi connectivity index (χ1n) is 11.4. The van der Waals surface area contributed by atoms with Crippen molar-refractivity contribution in [3.8, 4) is 36.4 Å². The molecule has 6 aromatic rings. The van der Waals surface area contributed by atoms with Gasteiger partial charge in [-0.1, -0.05) is 36.4 Å². The third-order valence-electron chi connectivity index (χ3n) is 7.07. The number of rotatable bonds is 0. The summed E-state index contributed by atoms with van der Waals surface area (Å²) < 4.78 is 0. The molecule has 0 saturated heterocycles. The Hall–Kier alpha value is -6.44. The summed E-state index contributed by atoms with van der Waals surface area (Å²) in [6, 6.07) is 31.0. The van der Waals surface area contributed by atoms with Gasteiger partial charge in [-0.2, -0.15) is 31.6 Å². The van der Waals surface area contributed by atoms with Crippen LogP contribution in [0.25, 0.3) is 53.9 Å². The van der Waals surface area contributed by atoms with Gasteiger partial charge in [-0.15, -0.1) is 0 Å². The Balaban J connectivity index is 2.03. The van der Waals surface area contributed by atoms with Crippen LogP contribution in [0.5, 0.6) is 0 Å². The van der Waals surface area contributed by atoms with E-state index in [2.05, 4.69) is 24.3 Å². The summed E-state index contributed by atoms with van der Waals surface area (Å²) in [5.74, 6) is 0. The highest BCUT2D eigenvalue weighted by atomic mass is 14.3. The Morgan fingerprint density at radius 3 is 1.42 bits per heavy atom. The maximum atomic E-state index is 10.0. The lowest BCUT2D eigenvalue weighted by molar-refractivity contribution is 1.39. The number of nitrogens with zero attached hydrogens (tertiary/aromatic N) is 6. The van der Waals surface area contributed by atoms with E-state index in [4.69, 9.17) is 0 Å². The van der Waals surface area contributed by atoms with Crippen molar-refractivity contribution in [2.45, 2.75) is 0 Å². The van der Waals surface area contributed by atoms with Crippen molar-refractivity contribution in [2.75, 3.05) is 0 Å². The second-order valence-corrected chi connectivity index (χ2v) is 8.77. The Kier molecular flexibility index (Phi) is 4.68. The third kappa shape index (κ3) is 2.75. The number of fused-ring (bicyclic) bond motifs is 9. The molecule has 6 nitrogen and oxygen atoms in total. The van der Waals surface area contributed by atoms with E-state index in [0.717, 1.165) is 32.3 Å². The van der Waals surface area contributed by atoms with Crippen LogP contribution in [0.15, 0.2) is 60.7 Å². The molecule has 0 spiro atoms. The maximum Gasteiger partial charge on any atom is 0.102 e. The Labute approximate surface area is 215 Å². The maximum absolute atomic E-state index is 10.0. The first-order valence-corrected chi connectivity index (χ1v) is 11.4. The molecule has 0 saturated carbocycles. The van der Waals surface area contributed by atoms with Crippen molar-refractivity contribution in [1.82, 2.24) is 0 Å². The molecular formula is C32H10N6. The van der Waals surface area contributed by atoms with Gasteiger partial charge >= 0.3 is 0 Å². The molecule has 0 fully saturated rings. The Bertz CT molecular complexity index is 2360. The van der Waals surface area contributed by atoms with Gasteiger partial charge in [-0.3, -0.25) is 0 Å². The van der Waals surface area contributed by atoms with Gasteiger partial charge in [0.25, 0.3) is 0 Å². The van der Waals surface area contributed by atoms with E-state index in [1.165, 1.54) is 0 Å². The summed E-state index contributed by atoms with van der Waals surface area (Å²) in [5, 5.41) is 66.4. The Morgan fingerprint density at radius 2 is 0.868 bits per heavy atom. The molecule has 0 bridgehead atoms. The molecule has 0 N–H and O–H groups in total. The van der Waals surface area contributed by atoms with Gasteiger partial charge in [-0.25, -0.2) is 0 Å². The summed E-state index contributed by atoms with van der Waals surface area (Å²) >= 11 is 0. The molecule has 0 amide bonds. The fourth-order valence-electron chi connectivity index (χ4n) is 5.43. The van der Waals surface area contributed by atoms with Crippen LogP contribution in [0.2, 0.25) is 0 Å². The summed E-state index contributed by atoms with van der Waals surface area (Å²) in [7, 11) is 0. The zero-order chi connectivity index (χ0) is 26.6. The van der Waals surface area contributed by atoms with Crippen LogP contribution in [0.4, 0.5) is 0 Å². The predicted molar refractivity (Wildman–Crippen MR) is 142 cm³/mol. The normalized spacial score (nSPS) is 10.5. The molecule has 0 aromatic heterocycles. The minimum absolute atomic E-state index is 0.0141. The van der Waals surface area contributed by atoms with E-state index >= 15 is 0 Å². The van der Waals surface area contributed by atoms with E-state index < -0.39 is 0 Å². The molecule has 38 heavy (non-hydrogen) atoms. The molecule has 6 heteroatoms. The van der Waals surface area contributed by atoms with Crippen LogP contribution in [0, 0.1) is 68.0 Å². The highest BCUT2D eigenvalue weighted by molar-refractivity contribution is 6.33. The van der Waals surface area contributed by atoms with Crippen molar-refractivity contribution in [2.24, 2.45) is 0 Å². The fraction of sp³-hybridized carbons (Fsp3) is 0. The summed E-state index contributed by atoms with van der Waals surface area (Å²) in [6.07, 6.45) is 0. The van der Waals surface area contributed by atoms with Gasteiger partial charge in [0.2, 0.25) is 0 Å². The highest BCUT2D eigenvalue weighted by Crippen LogP contribution is 2.43. The van der Waals surface area contributed by atoms with E-state index in [9.17, 15) is 31.6 Å². The van der Waals surface area contributed by atoms with Crippen LogP contribution < -0.4 is 0 Å². The average Bonchev–Trinajstić information content (AvgIpc) is 2.97. The van der Waals surface area contributed by atoms with Gasteiger partial charge in [0.05, 0.1) is 33.4 Å². The lowest BCUT2D eigenvalue weighted by Crippen LogP contribution is -1.98. The van der Waals surface area contributed by atoms with E-state index in [1.807, 2.05) is 48.5 Å². The standard InChI is InChI=1S/C32H10N6/c33-11-18-7-22-21-6-5-17-3-1-2-4-20(17)32(21)27-10-26-25(9-24(27)23(22)8-19(18)12-34)28(13-35)30(15-37)31(16-38)29(26)14-36/h1-10H. The molecule has 6 aromatic carbocycles. The topological polar surface area (TPSA) is 143 Å². The van der Waals surface area contributed by atoms with Gasteiger partial charge in [0, 0.05) is 10.8 Å². The van der Waals surface area contributed by atoms with Gasteiger partial charge in [0.1, 0.15) is 36.4 Å². The van der Waals surface area contributed by atoms with Crippen molar-refractivity contribution in [3.63, 3.8) is 0 Å². The molecule has 6 rings (SSSR count). The van der Waals surface area contributed by atoms with Crippen LogP contribution in [0.1, 0.15) is 33.4 Å². The second-order valence-electron chi connectivity index (χ2n) is 8.77. The molecule has 0 unspecified atom stereocenters.